The second-order valence-electron chi connectivity index (χ2n) is 4.76. The van der Waals surface area contributed by atoms with E-state index in [1.165, 1.54) is 12.7 Å². The van der Waals surface area contributed by atoms with Crippen LogP contribution in [-0.4, -0.2) is 22.6 Å². The fourth-order valence-corrected chi connectivity index (χ4v) is 1.66. The van der Waals surface area contributed by atoms with Gasteiger partial charge in [-0.25, -0.2) is 9.97 Å². The van der Waals surface area contributed by atoms with Crippen LogP contribution < -0.4 is 10.1 Å². The maximum Gasteiger partial charge on any atom is 0.218 e. The van der Waals surface area contributed by atoms with Gasteiger partial charge in [0.2, 0.25) is 5.88 Å². The third-order valence-corrected chi connectivity index (χ3v) is 2.82. The Morgan fingerprint density at radius 1 is 1.50 bits per heavy atom. The quantitative estimate of drug-likeness (QED) is 0.829. The SMILES string of the molecule is CC(C)Oc1cc(NCC2CC2C)ncn1. The largest absolute Gasteiger partial charge is 0.475 e. The number of rotatable bonds is 5. The predicted octanol–water partition coefficient (Wildman–Crippen LogP) is 2.33. The molecule has 1 fully saturated rings. The van der Waals surface area contributed by atoms with Crippen LogP contribution >= 0.6 is 0 Å². The van der Waals surface area contributed by atoms with E-state index in [4.69, 9.17) is 4.74 Å². The Balaban J connectivity index is 1.88. The van der Waals surface area contributed by atoms with E-state index in [-0.39, 0.29) is 6.10 Å². The lowest BCUT2D eigenvalue weighted by atomic mass is 10.3. The second kappa shape index (κ2) is 4.68. The maximum atomic E-state index is 5.51. The summed E-state index contributed by atoms with van der Waals surface area (Å²) in [4.78, 5) is 8.23. The molecule has 0 radical (unpaired) electrons. The van der Waals surface area contributed by atoms with Gasteiger partial charge in [0.05, 0.1) is 6.10 Å². The summed E-state index contributed by atoms with van der Waals surface area (Å²) in [6.45, 7) is 7.25. The molecule has 1 N–H and O–H groups in total. The smallest absolute Gasteiger partial charge is 0.218 e. The number of ether oxygens (including phenoxy) is 1. The van der Waals surface area contributed by atoms with Crippen molar-refractivity contribution in [1.29, 1.82) is 0 Å². The molecule has 1 saturated carbocycles. The van der Waals surface area contributed by atoms with Crippen LogP contribution in [0.3, 0.4) is 0 Å². The van der Waals surface area contributed by atoms with Crippen LogP contribution in [0.4, 0.5) is 5.82 Å². The molecular weight excluding hydrogens is 202 g/mol. The summed E-state index contributed by atoms with van der Waals surface area (Å²) in [5, 5.41) is 3.32. The molecule has 0 aliphatic heterocycles. The average molecular weight is 221 g/mol. The summed E-state index contributed by atoms with van der Waals surface area (Å²) >= 11 is 0. The molecule has 0 aromatic carbocycles. The molecule has 0 bridgehead atoms. The molecule has 16 heavy (non-hydrogen) atoms. The number of nitrogens with zero attached hydrogens (tertiary/aromatic N) is 2. The summed E-state index contributed by atoms with van der Waals surface area (Å²) in [6.07, 6.45) is 3.01. The van der Waals surface area contributed by atoms with Gasteiger partial charge in [-0.05, 0) is 32.1 Å². The monoisotopic (exact) mass is 221 g/mol. The zero-order valence-corrected chi connectivity index (χ0v) is 10.1. The van der Waals surface area contributed by atoms with Crippen molar-refractivity contribution in [2.75, 3.05) is 11.9 Å². The zero-order valence-electron chi connectivity index (χ0n) is 10.1. The van der Waals surface area contributed by atoms with Crippen molar-refractivity contribution in [3.8, 4) is 5.88 Å². The fourth-order valence-electron chi connectivity index (χ4n) is 1.66. The molecular formula is C12H19N3O. The van der Waals surface area contributed by atoms with E-state index in [0.717, 1.165) is 24.2 Å². The number of hydrogen-bond acceptors (Lipinski definition) is 4. The summed E-state index contributed by atoms with van der Waals surface area (Å²) in [5.41, 5.74) is 0. The number of hydrogen-bond donors (Lipinski definition) is 1. The first-order valence-electron chi connectivity index (χ1n) is 5.87. The van der Waals surface area contributed by atoms with Gasteiger partial charge in [-0.1, -0.05) is 6.92 Å². The molecule has 4 nitrogen and oxygen atoms in total. The third kappa shape index (κ3) is 3.08. The van der Waals surface area contributed by atoms with Crippen molar-refractivity contribution in [2.24, 2.45) is 11.8 Å². The third-order valence-electron chi connectivity index (χ3n) is 2.82. The van der Waals surface area contributed by atoms with Gasteiger partial charge in [-0.2, -0.15) is 0 Å². The van der Waals surface area contributed by atoms with Gasteiger partial charge >= 0.3 is 0 Å². The topological polar surface area (TPSA) is 47.0 Å². The average Bonchev–Trinajstić information content (AvgIpc) is 2.91. The van der Waals surface area contributed by atoms with Crippen molar-refractivity contribution in [3.63, 3.8) is 0 Å². The lowest BCUT2D eigenvalue weighted by Gasteiger charge is -2.10. The lowest BCUT2D eigenvalue weighted by molar-refractivity contribution is 0.232. The zero-order chi connectivity index (χ0) is 11.5. The molecule has 1 aliphatic rings. The molecule has 2 atom stereocenters. The Morgan fingerprint density at radius 3 is 2.88 bits per heavy atom. The van der Waals surface area contributed by atoms with Crippen LogP contribution in [0, 0.1) is 11.8 Å². The van der Waals surface area contributed by atoms with Crippen molar-refractivity contribution in [2.45, 2.75) is 33.3 Å². The highest BCUT2D eigenvalue weighted by molar-refractivity contribution is 5.37. The first-order chi connectivity index (χ1) is 7.65. The van der Waals surface area contributed by atoms with E-state index in [2.05, 4.69) is 22.2 Å². The van der Waals surface area contributed by atoms with E-state index >= 15 is 0 Å². The van der Waals surface area contributed by atoms with Gasteiger partial charge in [-0.3, -0.25) is 0 Å². The standard InChI is InChI=1S/C12H19N3O/c1-8(2)16-12-5-11(14-7-15-12)13-6-10-4-9(10)3/h5,7-10H,4,6H2,1-3H3,(H,13,14,15). The second-order valence-corrected chi connectivity index (χ2v) is 4.76. The van der Waals surface area contributed by atoms with Crippen LogP contribution in [0.1, 0.15) is 27.2 Å². The summed E-state index contributed by atoms with van der Waals surface area (Å²) in [5.74, 6) is 3.16. The van der Waals surface area contributed by atoms with Gasteiger partial charge < -0.3 is 10.1 Å². The van der Waals surface area contributed by atoms with Crippen LogP contribution in [0.15, 0.2) is 12.4 Å². The first-order valence-corrected chi connectivity index (χ1v) is 5.87. The number of aromatic nitrogens is 2. The van der Waals surface area contributed by atoms with Gasteiger partial charge in [0.1, 0.15) is 12.1 Å². The molecule has 0 spiro atoms. The van der Waals surface area contributed by atoms with Crippen LogP contribution in [-0.2, 0) is 0 Å². The van der Waals surface area contributed by atoms with E-state index in [9.17, 15) is 0 Å². The van der Waals surface area contributed by atoms with Crippen LogP contribution in [0.5, 0.6) is 5.88 Å². The molecule has 1 aromatic rings. The van der Waals surface area contributed by atoms with Crippen molar-refractivity contribution < 1.29 is 4.74 Å². The lowest BCUT2D eigenvalue weighted by Crippen LogP contribution is -2.09. The molecule has 0 amide bonds. The highest BCUT2D eigenvalue weighted by Gasteiger charge is 2.31. The Bertz CT molecular complexity index is 354. The Labute approximate surface area is 96.4 Å². The van der Waals surface area contributed by atoms with Crippen molar-refractivity contribution >= 4 is 5.82 Å². The van der Waals surface area contributed by atoms with Crippen LogP contribution in [0.25, 0.3) is 0 Å². The van der Waals surface area contributed by atoms with E-state index < -0.39 is 0 Å². The molecule has 1 aliphatic carbocycles. The molecule has 2 rings (SSSR count). The van der Waals surface area contributed by atoms with Gasteiger partial charge in [-0.15, -0.1) is 0 Å². The minimum atomic E-state index is 0.145. The van der Waals surface area contributed by atoms with Crippen LogP contribution in [0.2, 0.25) is 0 Å². The molecule has 1 aromatic heterocycles. The van der Waals surface area contributed by atoms with E-state index in [1.54, 1.807) is 0 Å². The van der Waals surface area contributed by atoms with E-state index in [0.29, 0.717) is 5.88 Å². The summed E-state index contributed by atoms with van der Waals surface area (Å²) < 4.78 is 5.51. The van der Waals surface area contributed by atoms with Gasteiger partial charge in [0, 0.05) is 12.6 Å². The van der Waals surface area contributed by atoms with Crippen molar-refractivity contribution in [1.82, 2.24) is 9.97 Å². The Morgan fingerprint density at radius 2 is 2.25 bits per heavy atom. The van der Waals surface area contributed by atoms with Gasteiger partial charge in [0.25, 0.3) is 0 Å². The summed E-state index contributed by atoms with van der Waals surface area (Å²) in [6, 6.07) is 1.85. The Hall–Kier alpha value is -1.32. The molecule has 0 saturated heterocycles. The molecule has 1 heterocycles. The molecule has 88 valence electrons. The van der Waals surface area contributed by atoms with Gasteiger partial charge in [0.15, 0.2) is 0 Å². The predicted molar refractivity (Wildman–Crippen MR) is 63.6 cm³/mol. The number of nitrogens with one attached hydrogen (secondary N) is 1. The number of anilines is 1. The van der Waals surface area contributed by atoms with Crippen molar-refractivity contribution in [3.05, 3.63) is 12.4 Å². The summed E-state index contributed by atoms with van der Waals surface area (Å²) in [7, 11) is 0. The van der Waals surface area contributed by atoms with E-state index in [1.807, 2.05) is 19.9 Å². The fraction of sp³-hybridized carbons (Fsp3) is 0.667. The minimum Gasteiger partial charge on any atom is -0.475 e. The normalized spacial score (nSPS) is 23.2. The first kappa shape index (κ1) is 11.2. The molecule has 4 heteroatoms. The Kier molecular flexibility index (Phi) is 3.27. The highest BCUT2D eigenvalue weighted by Crippen LogP contribution is 2.37. The minimum absolute atomic E-state index is 0.145. The highest BCUT2D eigenvalue weighted by atomic mass is 16.5. The molecule has 2 unspecified atom stereocenters. The maximum absolute atomic E-state index is 5.51.